The van der Waals surface area contributed by atoms with Crippen LogP contribution in [0.3, 0.4) is 0 Å². The minimum atomic E-state index is -3.48. The topological polar surface area (TPSA) is 66.9 Å². The highest BCUT2D eigenvalue weighted by Crippen LogP contribution is 2.35. The number of ether oxygens (including phenoxy) is 1. The first kappa shape index (κ1) is 18.4. The molecule has 21 heavy (non-hydrogen) atoms. The highest BCUT2D eigenvalue weighted by molar-refractivity contribution is 7.86. The van der Waals surface area contributed by atoms with E-state index in [1.807, 2.05) is 0 Å². The molecule has 0 aromatic heterocycles. The van der Waals surface area contributed by atoms with Crippen LogP contribution in [0.15, 0.2) is 0 Å². The minimum absolute atomic E-state index is 0.0741. The van der Waals surface area contributed by atoms with Crippen molar-refractivity contribution >= 4 is 16.2 Å². The lowest BCUT2D eigenvalue weighted by molar-refractivity contribution is -0.140. The SMILES string of the molecule is COC(=O)CCN(C)S(=O)(=O)N1CCC(C(C)(C)C)CC1. The average Bonchev–Trinajstić information content (AvgIpc) is 2.43. The fourth-order valence-corrected chi connectivity index (χ4v) is 4.00. The number of esters is 1. The second-order valence-corrected chi connectivity index (χ2v) is 8.73. The molecule has 0 saturated carbocycles. The molecule has 0 aliphatic carbocycles. The van der Waals surface area contributed by atoms with Gasteiger partial charge in [0.05, 0.1) is 13.5 Å². The summed E-state index contributed by atoms with van der Waals surface area (Å²) in [5, 5.41) is 0. The molecule has 1 aliphatic heterocycles. The summed E-state index contributed by atoms with van der Waals surface area (Å²) in [5.74, 6) is 0.146. The second-order valence-electron chi connectivity index (χ2n) is 6.69. The lowest BCUT2D eigenvalue weighted by Crippen LogP contribution is -2.47. The van der Waals surface area contributed by atoms with E-state index in [0.29, 0.717) is 19.0 Å². The van der Waals surface area contributed by atoms with E-state index in [4.69, 9.17) is 0 Å². The molecule has 0 unspecified atom stereocenters. The first-order valence-corrected chi connectivity index (χ1v) is 8.77. The van der Waals surface area contributed by atoms with Crippen LogP contribution in [0.4, 0.5) is 0 Å². The van der Waals surface area contributed by atoms with Crippen LogP contribution in [0.1, 0.15) is 40.0 Å². The van der Waals surface area contributed by atoms with Crippen LogP contribution in [0.5, 0.6) is 0 Å². The van der Waals surface area contributed by atoms with Gasteiger partial charge in [-0.1, -0.05) is 20.8 Å². The van der Waals surface area contributed by atoms with Gasteiger partial charge in [-0.25, -0.2) is 0 Å². The maximum absolute atomic E-state index is 12.4. The Balaban J connectivity index is 2.58. The van der Waals surface area contributed by atoms with E-state index in [9.17, 15) is 13.2 Å². The van der Waals surface area contributed by atoms with Gasteiger partial charge in [0, 0.05) is 26.7 Å². The lowest BCUT2D eigenvalue weighted by atomic mass is 9.76. The minimum Gasteiger partial charge on any atom is -0.469 e. The molecule has 0 amide bonds. The number of hydrogen-bond acceptors (Lipinski definition) is 4. The zero-order valence-electron chi connectivity index (χ0n) is 13.8. The molecule has 124 valence electrons. The van der Waals surface area contributed by atoms with E-state index in [-0.39, 0.29) is 18.4 Å². The maximum Gasteiger partial charge on any atom is 0.306 e. The van der Waals surface area contributed by atoms with Gasteiger partial charge in [-0.2, -0.15) is 17.0 Å². The molecular weight excluding hydrogens is 292 g/mol. The highest BCUT2D eigenvalue weighted by atomic mass is 32.2. The van der Waals surface area contributed by atoms with E-state index in [1.165, 1.54) is 22.8 Å². The van der Waals surface area contributed by atoms with Crippen LogP contribution >= 0.6 is 0 Å². The van der Waals surface area contributed by atoms with E-state index in [0.717, 1.165) is 12.8 Å². The van der Waals surface area contributed by atoms with Crippen LogP contribution in [0, 0.1) is 11.3 Å². The number of hydrogen-bond donors (Lipinski definition) is 0. The van der Waals surface area contributed by atoms with Gasteiger partial charge in [-0.15, -0.1) is 0 Å². The van der Waals surface area contributed by atoms with Crippen molar-refractivity contribution in [3.05, 3.63) is 0 Å². The van der Waals surface area contributed by atoms with Crippen molar-refractivity contribution in [3.8, 4) is 0 Å². The number of nitrogens with zero attached hydrogens (tertiary/aromatic N) is 2. The molecule has 0 aromatic carbocycles. The molecule has 0 spiro atoms. The molecule has 0 bridgehead atoms. The summed E-state index contributed by atoms with van der Waals surface area (Å²) in [6.45, 7) is 7.84. The van der Waals surface area contributed by atoms with Crippen LogP contribution < -0.4 is 0 Å². The Morgan fingerprint density at radius 2 is 1.81 bits per heavy atom. The molecule has 1 rings (SSSR count). The molecule has 6 nitrogen and oxygen atoms in total. The quantitative estimate of drug-likeness (QED) is 0.720. The molecule has 1 aliphatic rings. The molecule has 0 atom stereocenters. The molecule has 1 heterocycles. The van der Waals surface area contributed by atoms with Crippen LogP contribution in [0.2, 0.25) is 0 Å². The summed E-state index contributed by atoms with van der Waals surface area (Å²) in [6.07, 6.45) is 1.84. The predicted molar refractivity (Wildman–Crippen MR) is 81.9 cm³/mol. The second kappa shape index (κ2) is 7.07. The van der Waals surface area contributed by atoms with E-state index < -0.39 is 16.2 Å². The van der Waals surface area contributed by atoms with Crippen molar-refractivity contribution in [2.45, 2.75) is 40.0 Å². The Morgan fingerprint density at radius 1 is 1.29 bits per heavy atom. The monoisotopic (exact) mass is 320 g/mol. The van der Waals surface area contributed by atoms with E-state index >= 15 is 0 Å². The number of rotatable bonds is 5. The normalized spacial score (nSPS) is 19.0. The van der Waals surface area contributed by atoms with Crippen molar-refractivity contribution in [2.75, 3.05) is 33.8 Å². The first-order chi connectivity index (χ1) is 9.59. The van der Waals surface area contributed by atoms with Crippen molar-refractivity contribution in [2.24, 2.45) is 11.3 Å². The van der Waals surface area contributed by atoms with Crippen molar-refractivity contribution in [1.29, 1.82) is 0 Å². The summed E-state index contributed by atoms with van der Waals surface area (Å²) in [4.78, 5) is 11.1. The maximum atomic E-state index is 12.4. The molecule has 7 heteroatoms. The van der Waals surface area contributed by atoms with Crippen molar-refractivity contribution < 1.29 is 17.9 Å². The molecule has 0 radical (unpaired) electrons. The number of methoxy groups -OCH3 is 1. The Hall–Kier alpha value is -0.660. The molecular formula is C14H28N2O4S. The van der Waals surface area contributed by atoms with Gasteiger partial charge in [0.1, 0.15) is 0 Å². The zero-order valence-corrected chi connectivity index (χ0v) is 14.6. The largest absolute Gasteiger partial charge is 0.469 e. The third kappa shape index (κ3) is 4.93. The van der Waals surface area contributed by atoms with Gasteiger partial charge in [-0.3, -0.25) is 4.79 Å². The van der Waals surface area contributed by atoms with Gasteiger partial charge in [-0.05, 0) is 24.2 Å². The van der Waals surface area contributed by atoms with Gasteiger partial charge < -0.3 is 4.74 Å². The Kier molecular flexibility index (Phi) is 6.19. The van der Waals surface area contributed by atoms with Crippen LogP contribution in [-0.2, 0) is 19.7 Å². The number of piperidine rings is 1. The highest BCUT2D eigenvalue weighted by Gasteiger charge is 2.34. The Morgan fingerprint density at radius 3 is 2.24 bits per heavy atom. The van der Waals surface area contributed by atoms with Crippen molar-refractivity contribution in [3.63, 3.8) is 0 Å². The van der Waals surface area contributed by atoms with Crippen molar-refractivity contribution in [1.82, 2.24) is 8.61 Å². The fraction of sp³-hybridized carbons (Fsp3) is 0.929. The van der Waals surface area contributed by atoms with Crippen LogP contribution in [-0.4, -0.2) is 56.8 Å². The van der Waals surface area contributed by atoms with Gasteiger partial charge in [0.25, 0.3) is 10.2 Å². The third-order valence-corrected chi connectivity index (χ3v) is 6.25. The molecule has 0 N–H and O–H groups in total. The summed E-state index contributed by atoms with van der Waals surface area (Å²) < 4.78 is 32.2. The van der Waals surface area contributed by atoms with Gasteiger partial charge in [0.2, 0.25) is 0 Å². The summed E-state index contributed by atoms with van der Waals surface area (Å²) in [6, 6.07) is 0. The molecule has 1 fully saturated rings. The smallest absolute Gasteiger partial charge is 0.306 e. The summed E-state index contributed by atoms with van der Waals surface area (Å²) in [7, 11) is -0.668. The Labute approximate surface area is 128 Å². The summed E-state index contributed by atoms with van der Waals surface area (Å²) >= 11 is 0. The van der Waals surface area contributed by atoms with E-state index in [2.05, 4.69) is 25.5 Å². The summed E-state index contributed by atoms with van der Waals surface area (Å²) in [5.41, 5.74) is 0.215. The average molecular weight is 320 g/mol. The van der Waals surface area contributed by atoms with Gasteiger partial charge in [0.15, 0.2) is 0 Å². The molecule has 0 aromatic rings. The standard InChI is InChI=1S/C14H28N2O4S/c1-14(2,3)12-6-10-16(11-7-12)21(18,19)15(4)9-8-13(17)20-5/h12H,6-11H2,1-5H3. The zero-order chi connectivity index (χ0) is 16.3. The third-order valence-electron chi connectivity index (χ3n) is 4.26. The molecule has 1 saturated heterocycles. The first-order valence-electron chi connectivity index (χ1n) is 7.37. The lowest BCUT2D eigenvalue weighted by Gasteiger charge is -2.39. The fourth-order valence-electron chi connectivity index (χ4n) is 2.62. The number of carbonyl (C=O) groups is 1. The number of carbonyl (C=O) groups excluding carboxylic acids is 1. The Bertz CT molecular complexity index is 448. The van der Waals surface area contributed by atoms with Crippen LogP contribution in [0.25, 0.3) is 0 Å². The van der Waals surface area contributed by atoms with Gasteiger partial charge >= 0.3 is 5.97 Å². The van der Waals surface area contributed by atoms with E-state index in [1.54, 1.807) is 0 Å². The predicted octanol–water partition coefficient (Wildman–Crippen LogP) is 1.48.